The fourth-order valence-electron chi connectivity index (χ4n) is 2.73. The summed E-state index contributed by atoms with van der Waals surface area (Å²) in [6, 6.07) is 3.89. The summed E-state index contributed by atoms with van der Waals surface area (Å²) in [5, 5.41) is 2.04. The van der Waals surface area contributed by atoms with E-state index < -0.39 is 11.4 Å². The highest BCUT2D eigenvalue weighted by molar-refractivity contribution is 9.10. The minimum atomic E-state index is -1.12. The Balaban J connectivity index is 2.07. The van der Waals surface area contributed by atoms with E-state index in [0.29, 0.717) is 10.0 Å². The highest BCUT2D eigenvalue weighted by Crippen LogP contribution is 2.42. The van der Waals surface area contributed by atoms with Gasteiger partial charge in [-0.3, -0.25) is 0 Å². The molecule has 1 aliphatic rings. The molecule has 2 atom stereocenters. The maximum absolute atomic E-state index is 12.4. The summed E-state index contributed by atoms with van der Waals surface area (Å²) in [6.07, 6.45) is 1.84. The fraction of sp³-hybridized carbons (Fsp3) is 0.467. The maximum atomic E-state index is 12.4. The Hall–Kier alpha value is 0.0900. The van der Waals surface area contributed by atoms with Crippen molar-refractivity contribution in [2.75, 3.05) is 0 Å². The molecule has 1 aromatic heterocycles. The van der Waals surface area contributed by atoms with Crippen molar-refractivity contribution >= 4 is 61.4 Å². The van der Waals surface area contributed by atoms with Crippen LogP contribution in [0, 0.1) is 0 Å². The van der Waals surface area contributed by atoms with Crippen molar-refractivity contribution < 1.29 is 4.55 Å². The van der Waals surface area contributed by atoms with E-state index in [-0.39, 0.29) is 10.9 Å². The van der Waals surface area contributed by atoms with Gasteiger partial charge >= 0.3 is 0 Å². The molecule has 0 aliphatic carbocycles. The molecule has 7 heteroatoms. The van der Waals surface area contributed by atoms with Gasteiger partial charge in [0, 0.05) is 26.9 Å². The molecule has 1 aromatic carbocycles. The quantitative estimate of drug-likeness (QED) is 0.532. The Morgan fingerprint density at radius 2 is 2.05 bits per heavy atom. The maximum Gasteiger partial charge on any atom is 0.137 e. The Morgan fingerprint density at radius 3 is 2.68 bits per heavy atom. The molecule has 1 unspecified atom stereocenters. The molecule has 22 heavy (non-hydrogen) atoms. The average Bonchev–Trinajstić information content (AvgIpc) is 2.95. The number of hydrogen-bond donors (Lipinski definition) is 1. The van der Waals surface area contributed by atoms with Crippen molar-refractivity contribution in [1.82, 2.24) is 9.29 Å². The number of nitrogens with zero attached hydrogens (tertiary/aromatic N) is 1. The van der Waals surface area contributed by atoms with Crippen molar-refractivity contribution in [2.45, 2.75) is 44.5 Å². The molecule has 2 heterocycles. The zero-order chi connectivity index (χ0) is 16.2. The molecular weight excluding hydrogens is 407 g/mol. The molecule has 0 fully saturated rings. The standard InChI is InChI=1S/C15H17BrCl2N2OS/c1-15(2,3)22(21)19-12-5-4-8-6-9-13(18)11(17)7-10(16)14(9)20(8)12/h6-7,12,19H,4-5H2,1-3H3/t12-,22?/m0/s1. The van der Waals surface area contributed by atoms with E-state index in [1.165, 1.54) is 5.69 Å². The first kappa shape index (κ1) is 16.9. The predicted octanol–water partition coefficient (Wildman–Crippen LogP) is 5.21. The molecule has 0 amide bonds. The lowest BCUT2D eigenvalue weighted by atomic mass is 10.2. The number of aromatic nitrogens is 1. The second kappa shape index (κ2) is 5.87. The van der Waals surface area contributed by atoms with Crippen LogP contribution in [0.5, 0.6) is 0 Å². The van der Waals surface area contributed by atoms with Crippen LogP contribution < -0.4 is 4.72 Å². The SMILES string of the molecule is CC(C)(C)[S+]([O-])N[C@@H]1CCc2cc3c(Cl)c(Cl)cc(Br)c3n21. The van der Waals surface area contributed by atoms with Gasteiger partial charge in [-0.15, -0.1) is 4.72 Å². The first-order chi connectivity index (χ1) is 10.2. The van der Waals surface area contributed by atoms with Crippen LogP contribution in [0.15, 0.2) is 16.6 Å². The summed E-state index contributed by atoms with van der Waals surface area (Å²) in [5.74, 6) is 0. The predicted molar refractivity (Wildman–Crippen MR) is 98.0 cm³/mol. The summed E-state index contributed by atoms with van der Waals surface area (Å²) in [7, 11) is 0. The van der Waals surface area contributed by atoms with E-state index in [1.807, 2.05) is 26.8 Å². The third-order valence-electron chi connectivity index (χ3n) is 3.83. The normalized spacial score (nSPS) is 19.7. The summed E-state index contributed by atoms with van der Waals surface area (Å²) < 4.78 is 18.5. The molecule has 0 saturated heterocycles. The molecule has 0 radical (unpaired) electrons. The van der Waals surface area contributed by atoms with Gasteiger partial charge in [0.1, 0.15) is 10.9 Å². The number of benzene rings is 1. The molecule has 3 rings (SSSR count). The molecule has 1 N–H and O–H groups in total. The van der Waals surface area contributed by atoms with Gasteiger partial charge in [0.25, 0.3) is 0 Å². The first-order valence-electron chi connectivity index (χ1n) is 7.05. The lowest BCUT2D eigenvalue weighted by Gasteiger charge is -2.27. The zero-order valence-electron chi connectivity index (χ0n) is 12.5. The van der Waals surface area contributed by atoms with E-state index in [2.05, 4.69) is 31.3 Å². The first-order valence-corrected chi connectivity index (χ1v) is 9.75. The van der Waals surface area contributed by atoms with Gasteiger partial charge in [-0.25, -0.2) is 0 Å². The lowest BCUT2D eigenvalue weighted by molar-refractivity contribution is 0.472. The lowest BCUT2D eigenvalue weighted by Crippen LogP contribution is -2.42. The number of halogens is 3. The number of fused-ring (bicyclic) bond motifs is 3. The van der Waals surface area contributed by atoms with Crippen molar-refractivity contribution in [3.63, 3.8) is 0 Å². The molecule has 3 nitrogen and oxygen atoms in total. The van der Waals surface area contributed by atoms with Gasteiger partial charge in [-0.1, -0.05) is 23.2 Å². The van der Waals surface area contributed by atoms with E-state index >= 15 is 0 Å². The van der Waals surface area contributed by atoms with Crippen LogP contribution >= 0.6 is 39.1 Å². The smallest absolute Gasteiger partial charge is 0.137 e. The summed E-state index contributed by atoms with van der Waals surface area (Å²) in [6.45, 7) is 5.89. The van der Waals surface area contributed by atoms with Crippen LogP contribution in [-0.4, -0.2) is 13.9 Å². The third kappa shape index (κ3) is 2.80. The number of rotatable bonds is 2. The van der Waals surface area contributed by atoms with Crippen LogP contribution in [0.2, 0.25) is 10.0 Å². The number of nitrogens with one attached hydrogen (secondary N) is 1. The molecule has 1 aliphatic heterocycles. The second-order valence-corrected chi connectivity index (χ2v) is 10.1. The number of hydrogen-bond acceptors (Lipinski definition) is 2. The van der Waals surface area contributed by atoms with E-state index in [9.17, 15) is 4.55 Å². The molecule has 2 aromatic rings. The summed E-state index contributed by atoms with van der Waals surface area (Å²) in [4.78, 5) is 0. The van der Waals surface area contributed by atoms with Crippen molar-refractivity contribution in [2.24, 2.45) is 0 Å². The van der Waals surface area contributed by atoms with E-state index in [0.717, 1.165) is 28.2 Å². The van der Waals surface area contributed by atoms with E-state index in [1.54, 1.807) is 0 Å². The zero-order valence-corrected chi connectivity index (χ0v) is 16.5. The monoisotopic (exact) mass is 422 g/mol. The number of aryl methyl sites for hydroxylation is 1. The molecule has 0 spiro atoms. The molecule has 0 bridgehead atoms. The minimum absolute atomic E-state index is 0.00102. The van der Waals surface area contributed by atoms with Gasteiger partial charge in [-0.2, -0.15) is 0 Å². The molecular formula is C15H17BrCl2N2OS. The highest BCUT2D eigenvalue weighted by atomic mass is 79.9. The second-order valence-electron chi connectivity index (χ2n) is 6.48. The molecule has 0 saturated carbocycles. The van der Waals surface area contributed by atoms with Gasteiger partial charge < -0.3 is 9.12 Å². The van der Waals surface area contributed by atoms with Gasteiger partial charge in [0.05, 0.1) is 15.6 Å². The van der Waals surface area contributed by atoms with Gasteiger partial charge in [-0.05, 0) is 61.7 Å². The van der Waals surface area contributed by atoms with Crippen LogP contribution in [0.3, 0.4) is 0 Å². The van der Waals surface area contributed by atoms with E-state index in [4.69, 9.17) is 23.2 Å². The van der Waals surface area contributed by atoms with Crippen LogP contribution in [0.25, 0.3) is 10.9 Å². The minimum Gasteiger partial charge on any atom is -0.598 e. The molecule has 120 valence electrons. The van der Waals surface area contributed by atoms with Crippen LogP contribution in [0.4, 0.5) is 0 Å². The van der Waals surface area contributed by atoms with Crippen LogP contribution in [0.1, 0.15) is 39.1 Å². The van der Waals surface area contributed by atoms with Crippen molar-refractivity contribution in [1.29, 1.82) is 0 Å². The van der Waals surface area contributed by atoms with Crippen LogP contribution in [-0.2, 0) is 17.8 Å². The van der Waals surface area contributed by atoms with Crippen molar-refractivity contribution in [3.8, 4) is 0 Å². The Labute approximate surface area is 151 Å². The van der Waals surface area contributed by atoms with Crippen molar-refractivity contribution in [3.05, 3.63) is 32.3 Å². The van der Waals surface area contributed by atoms with Gasteiger partial charge in [0.15, 0.2) is 0 Å². The Kier molecular flexibility index (Phi) is 4.52. The fourth-order valence-corrected chi connectivity index (χ4v) is 4.73. The summed E-state index contributed by atoms with van der Waals surface area (Å²) in [5.41, 5.74) is 2.19. The Morgan fingerprint density at radius 1 is 1.36 bits per heavy atom. The topological polar surface area (TPSA) is 40.0 Å². The van der Waals surface area contributed by atoms with Gasteiger partial charge in [0.2, 0.25) is 0 Å². The highest BCUT2D eigenvalue weighted by Gasteiger charge is 2.34. The average molecular weight is 424 g/mol. The summed E-state index contributed by atoms with van der Waals surface area (Å²) >= 11 is 15.0. The third-order valence-corrected chi connectivity index (χ3v) is 6.83. The Bertz CT molecular complexity index is 741. The largest absolute Gasteiger partial charge is 0.598 e.